The van der Waals surface area contributed by atoms with Crippen LogP contribution in [-0.2, 0) is 30.5 Å². The van der Waals surface area contributed by atoms with Crippen LogP contribution >= 0.6 is 0 Å². The Balaban J connectivity index is 2.10. The van der Waals surface area contributed by atoms with E-state index in [1.54, 1.807) is 0 Å². The predicted molar refractivity (Wildman–Crippen MR) is 105 cm³/mol. The van der Waals surface area contributed by atoms with Crippen LogP contribution in [0.4, 0.5) is 4.79 Å². The summed E-state index contributed by atoms with van der Waals surface area (Å²) >= 11 is 0. The van der Waals surface area contributed by atoms with E-state index in [-0.39, 0.29) is 31.8 Å². The van der Waals surface area contributed by atoms with Crippen molar-refractivity contribution in [2.24, 2.45) is 5.73 Å². The summed E-state index contributed by atoms with van der Waals surface area (Å²) < 4.78 is 9.60. The normalized spacial score (nSPS) is 11.2. The number of alkyl carbamates (subject to hydrolysis) is 1. The number of esters is 1. The van der Waals surface area contributed by atoms with Gasteiger partial charge in [-0.05, 0) is 24.8 Å². The predicted octanol–water partition coefficient (Wildman–Crippen LogP) is 1.40. The summed E-state index contributed by atoms with van der Waals surface area (Å²) in [5.41, 5.74) is 6.15. The molecule has 0 aliphatic carbocycles. The van der Waals surface area contributed by atoms with Crippen LogP contribution in [0.15, 0.2) is 30.3 Å². The van der Waals surface area contributed by atoms with Gasteiger partial charge in [0, 0.05) is 19.4 Å². The molecular weight excluding hydrogens is 378 g/mol. The number of primary amides is 1. The Labute approximate surface area is 170 Å². The minimum atomic E-state index is -0.900. The van der Waals surface area contributed by atoms with Gasteiger partial charge in [0.15, 0.2) is 0 Å². The van der Waals surface area contributed by atoms with E-state index < -0.39 is 24.0 Å². The van der Waals surface area contributed by atoms with Gasteiger partial charge in [-0.1, -0.05) is 36.8 Å². The van der Waals surface area contributed by atoms with Gasteiger partial charge in [0.25, 0.3) is 0 Å². The van der Waals surface area contributed by atoms with E-state index in [9.17, 15) is 19.2 Å². The second-order valence-corrected chi connectivity index (χ2v) is 6.44. The number of rotatable bonds is 13. The average Bonchev–Trinajstić information content (AvgIpc) is 2.72. The first-order valence-electron chi connectivity index (χ1n) is 9.52. The molecule has 0 spiro atoms. The molecule has 0 fully saturated rings. The summed E-state index contributed by atoms with van der Waals surface area (Å²) in [6.45, 7) is 0.655. The van der Waals surface area contributed by atoms with E-state index in [0.717, 1.165) is 12.0 Å². The van der Waals surface area contributed by atoms with E-state index >= 15 is 0 Å². The van der Waals surface area contributed by atoms with Gasteiger partial charge >= 0.3 is 12.1 Å². The molecule has 0 bridgehead atoms. The smallest absolute Gasteiger partial charge is 0.407 e. The topological polar surface area (TPSA) is 137 Å². The fourth-order valence-corrected chi connectivity index (χ4v) is 2.47. The van der Waals surface area contributed by atoms with Gasteiger partial charge in [-0.2, -0.15) is 0 Å². The highest BCUT2D eigenvalue weighted by Gasteiger charge is 2.19. The second kappa shape index (κ2) is 14.0. The molecule has 0 unspecified atom stereocenters. The Bertz CT molecular complexity index is 665. The lowest BCUT2D eigenvalue weighted by molar-refractivity contribution is -0.141. The lowest BCUT2D eigenvalue weighted by Gasteiger charge is -2.14. The molecule has 1 aromatic carbocycles. The van der Waals surface area contributed by atoms with Gasteiger partial charge < -0.3 is 25.8 Å². The average molecular weight is 407 g/mol. The second-order valence-electron chi connectivity index (χ2n) is 6.44. The van der Waals surface area contributed by atoms with Crippen molar-refractivity contribution in [2.75, 3.05) is 13.7 Å². The summed E-state index contributed by atoms with van der Waals surface area (Å²) in [6.07, 6.45) is 1.83. The van der Waals surface area contributed by atoms with Crippen LogP contribution in [0.2, 0.25) is 0 Å². The molecule has 3 amide bonds. The minimum Gasteiger partial charge on any atom is -0.469 e. The first kappa shape index (κ1) is 23.9. The van der Waals surface area contributed by atoms with E-state index in [1.807, 2.05) is 30.3 Å². The van der Waals surface area contributed by atoms with Crippen LogP contribution in [0.5, 0.6) is 0 Å². The van der Waals surface area contributed by atoms with Crippen molar-refractivity contribution in [1.29, 1.82) is 0 Å². The monoisotopic (exact) mass is 407 g/mol. The molecule has 0 aromatic heterocycles. The third-order valence-electron chi connectivity index (χ3n) is 4.11. The van der Waals surface area contributed by atoms with Crippen LogP contribution in [0.25, 0.3) is 0 Å². The van der Waals surface area contributed by atoms with Crippen LogP contribution in [0.3, 0.4) is 0 Å². The number of carbonyl (C=O) groups excluding carboxylic acids is 4. The van der Waals surface area contributed by atoms with Crippen molar-refractivity contribution in [3.63, 3.8) is 0 Å². The highest BCUT2D eigenvalue weighted by molar-refractivity contribution is 5.87. The summed E-state index contributed by atoms with van der Waals surface area (Å²) in [5.74, 6) is -1.48. The molecule has 0 saturated heterocycles. The fourth-order valence-electron chi connectivity index (χ4n) is 2.47. The maximum atomic E-state index is 11.9. The number of nitrogens with one attached hydrogen (secondary N) is 2. The van der Waals surface area contributed by atoms with Crippen molar-refractivity contribution >= 4 is 23.9 Å². The standard InChI is InChI=1S/C20H29N3O6/c1-28-18(25)12-11-16(19(21)26)23-17(24)10-6-3-7-13-22-20(27)29-14-15-8-4-2-5-9-15/h2,4-5,8-9,16H,3,6-7,10-14H2,1H3,(H2,21,26)(H,22,27)(H,23,24)/t16-/m0/s1. The summed E-state index contributed by atoms with van der Waals surface area (Å²) in [6, 6.07) is 8.48. The van der Waals surface area contributed by atoms with Gasteiger partial charge in [-0.15, -0.1) is 0 Å². The quantitative estimate of drug-likeness (QED) is 0.334. The van der Waals surface area contributed by atoms with Crippen molar-refractivity contribution in [3.8, 4) is 0 Å². The third-order valence-corrected chi connectivity index (χ3v) is 4.11. The van der Waals surface area contributed by atoms with Gasteiger partial charge in [0.05, 0.1) is 7.11 Å². The van der Waals surface area contributed by atoms with Gasteiger partial charge in [-0.3, -0.25) is 14.4 Å². The maximum Gasteiger partial charge on any atom is 0.407 e. The van der Waals surface area contributed by atoms with Crippen molar-refractivity contribution < 1.29 is 28.7 Å². The first-order chi connectivity index (χ1) is 13.9. The number of methoxy groups -OCH3 is 1. The molecule has 0 saturated carbocycles. The zero-order chi connectivity index (χ0) is 21.5. The third kappa shape index (κ3) is 11.4. The van der Waals surface area contributed by atoms with E-state index in [2.05, 4.69) is 15.4 Å². The Morgan fingerprint density at radius 2 is 1.76 bits per heavy atom. The summed E-state index contributed by atoms with van der Waals surface area (Å²) in [5, 5.41) is 5.18. The molecule has 1 rings (SSSR count). The highest BCUT2D eigenvalue weighted by Crippen LogP contribution is 2.03. The van der Waals surface area contributed by atoms with Gasteiger partial charge in [0.1, 0.15) is 12.6 Å². The molecule has 4 N–H and O–H groups in total. The van der Waals surface area contributed by atoms with Gasteiger partial charge in [-0.25, -0.2) is 4.79 Å². The summed E-state index contributed by atoms with van der Waals surface area (Å²) in [4.78, 5) is 46.0. The van der Waals surface area contributed by atoms with E-state index in [0.29, 0.717) is 19.4 Å². The molecule has 0 radical (unpaired) electrons. The maximum absolute atomic E-state index is 11.9. The SMILES string of the molecule is COC(=O)CC[C@H](NC(=O)CCCCCNC(=O)OCc1ccccc1)C(N)=O. The number of unbranched alkanes of at least 4 members (excludes halogenated alkanes) is 2. The van der Waals surface area contributed by atoms with Crippen LogP contribution in [0, 0.1) is 0 Å². The Morgan fingerprint density at radius 1 is 1.03 bits per heavy atom. The zero-order valence-corrected chi connectivity index (χ0v) is 16.6. The van der Waals surface area contributed by atoms with Crippen molar-refractivity contribution in [2.45, 2.75) is 51.2 Å². The molecule has 0 aliphatic heterocycles. The molecule has 0 heterocycles. The number of hydrogen-bond donors (Lipinski definition) is 3. The molecule has 160 valence electrons. The number of benzene rings is 1. The van der Waals surface area contributed by atoms with E-state index in [1.165, 1.54) is 7.11 Å². The Morgan fingerprint density at radius 3 is 2.41 bits per heavy atom. The summed E-state index contributed by atoms with van der Waals surface area (Å²) in [7, 11) is 1.25. The molecule has 1 aromatic rings. The van der Waals surface area contributed by atoms with Crippen molar-refractivity contribution in [1.82, 2.24) is 10.6 Å². The number of nitrogens with two attached hydrogens (primary N) is 1. The van der Waals surface area contributed by atoms with Gasteiger partial charge in [0.2, 0.25) is 11.8 Å². The largest absolute Gasteiger partial charge is 0.469 e. The Kier molecular flexibility index (Phi) is 11.5. The zero-order valence-electron chi connectivity index (χ0n) is 16.6. The number of carbonyl (C=O) groups is 4. The number of hydrogen-bond acceptors (Lipinski definition) is 6. The number of amides is 3. The first-order valence-corrected chi connectivity index (χ1v) is 9.52. The molecule has 1 atom stereocenters. The molecule has 29 heavy (non-hydrogen) atoms. The van der Waals surface area contributed by atoms with Crippen LogP contribution < -0.4 is 16.4 Å². The lowest BCUT2D eigenvalue weighted by atomic mass is 10.1. The van der Waals surface area contributed by atoms with Crippen LogP contribution in [-0.4, -0.2) is 43.6 Å². The minimum absolute atomic E-state index is 0.00354. The Hall–Kier alpha value is -3.10. The highest BCUT2D eigenvalue weighted by atomic mass is 16.5. The van der Waals surface area contributed by atoms with Crippen molar-refractivity contribution in [3.05, 3.63) is 35.9 Å². The van der Waals surface area contributed by atoms with Crippen LogP contribution in [0.1, 0.15) is 44.1 Å². The molecular formula is C20H29N3O6. The molecule has 0 aliphatic rings. The fraction of sp³-hybridized carbons (Fsp3) is 0.500. The molecule has 9 nitrogen and oxygen atoms in total. The lowest BCUT2D eigenvalue weighted by Crippen LogP contribution is -2.44. The van der Waals surface area contributed by atoms with E-state index in [4.69, 9.17) is 10.5 Å². The molecule has 9 heteroatoms. The number of ether oxygens (including phenoxy) is 2.